The van der Waals surface area contributed by atoms with Crippen LogP contribution in [0.3, 0.4) is 0 Å². The molecule has 0 radical (unpaired) electrons. The second-order valence-electron chi connectivity index (χ2n) is 7.01. The van der Waals surface area contributed by atoms with Gasteiger partial charge in [-0.15, -0.1) is 0 Å². The van der Waals surface area contributed by atoms with Crippen molar-refractivity contribution >= 4 is 22.8 Å². The van der Waals surface area contributed by atoms with Crippen LogP contribution >= 0.6 is 0 Å². The molecule has 1 fully saturated rings. The molecular formula is C20H24N2O5. The van der Waals surface area contributed by atoms with Crippen LogP contribution in [0.1, 0.15) is 36.0 Å². The van der Waals surface area contributed by atoms with Gasteiger partial charge in [-0.05, 0) is 49.9 Å². The number of phenols is 1. The zero-order valence-corrected chi connectivity index (χ0v) is 15.6. The van der Waals surface area contributed by atoms with E-state index in [9.17, 15) is 19.5 Å². The number of hydrogen-bond acceptors (Lipinski definition) is 5. The van der Waals surface area contributed by atoms with Crippen LogP contribution in [-0.2, 0) is 16.0 Å². The van der Waals surface area contributed by atoms with Crippen molar-refractivity contribution in [2.75, 3.05) is 19.6 Å². The molecule has 0 bridgehead atoms. The summed E-state index contributed by atoms with van der Waals surface area (Å²) in [5, 5.41) is 13.4. The SMILES string of the molecule is Cc1cc(O)c2c(C)c(CC(=O)NCCCN3CCCC3=O)c(=O)oc2c1. The van der Waals surface area contributed by atoms with Gasteiger partial charge in [0.2, 0.25) is 11.8 Å². The molecule has 2 aromatic rings. The smallest absolute Gasteiger partial charge is 0.340 e. The van der Waals surface area contributed by atoms with E-state index in [1.165, 1.54) is 0 Å². The first-order valence-electron chi connectivity index (χ1n) is 9.17. The number of likely N-dealkylation sites (tertiary alicyclic amines) is 1. The Morgan fingerprint density at radius 1 is 1.30 bits per heavy atom. The summed E-state index contributed by atoms with van der Waals surface area (Å²) in [7, 11) is 0. The number of aryl methyl sites for hydroxylation is 2. The predicted molar refractivity (Wildman–Crippen MR) is 101 cm³/mol. The van der Waals surface area contributed by atoms with E-state index in [0.29, 0.717) is 42.5 Å². The minimum Gasteiger partial charge on any atom is -0.507 e. The Kier molecular flexibility index (Phi) is 5.48. The van der Waals surface area contributed by atoms with Crippen molar-refractivity contribution in [2.45, 2.75) is 39.5 Å². The molecular weight excluding hydrogens is 348 g/mol. The number of phenolic OH excluding ortho intramolecular Hbond substituents is 1. The highest BCUT2D eigenvalue weighted by molar-refractivity contribution is 5.89. The maximum Gasteiger partial charge on any atom is 0.340 e. The molecule has 0 unspecified atom stereocenters. The van der Waals surface area contributed by atoms with Crippen molar-refractivity contribution in [1.29, 1.82) is 0 Å². The first-order chi connectivity index (χ1) is 12.9. The third kappa shape index (κ3) is 4.13. The fraction of sp³-hybridized carbons (Fsp3) is 0.450. The molecule has 1 aromatic heterocycles. The Morgan fingerprint density at radius 2 is 2.07 bits per heavy atom. The van der Waals surface area contributed by atoms with Crippen LogP contribution < -0.4 is 10.9 Å². The molecule has 2 heterocycles. The second-order valence-corrected chi connectivity index (χ2v) is 7.01. The molecule has 0 saturated carbocycles. The Morgan fingerprint density at radius 3 is 2.78 bits per heavy atom. The fourth-order valence-corrected chi connectivity index (χ4v) is 3.52. The summed E-state index contributed by atoms with van der Waals surface area (Å²) < 4.78 is 5.30. The first kappa shape index (κ1) is 18.9. The van der Waals surface area contributed by atoms with Crippen LogP contribution in [-0.4, -0.2) is 41.5 Å². The summed E-state index contributed by atoms with van der Waals surface area (Å²) in [6.07, 6.45) is 2.06. The number of carbonyl (C=O) groups excluding carboxylic acids is 2. The number of aromatic hydroxyl groups is 1. The van der Waals surface area contributed by atoms with Crippen LogP contribution in [0.15, 0.2) is 21.3 Å². The molecule has 7 nitrogen and oxygen atoms in total. The molecule has 3 rings (SSSR count). The van der Waals surface area contributed by atoms with Crippen molar-refractivity contribution in [3.8, 4) is 5.75 Å². The lowest BCUT2D eigenvalue weighted by Crippen LogP contribution is -2.32. The summed E-state index contributed by atoms with van der Waals surface area (Å²) in [6, 6.07) is 3.28. The number of carbonyl (C=O) groups is 2. The molecule has 27 heavy (non-hydrogen) atoms. The lowest BCUT2D eigenvalue weighted by molar-refractivity contribution is -0.127. The van der Waals surface area contributed by atoms with Crippen molar-refractivity contribution in [3.05, 3.63) is 39.2 Å². The van der Waals surface area contributed by atoms with Gasteiger partial charge in [-0.1, -0.05) is 0 Å². The average molecular weight is 372 g/mol. The molecule has 7 heteroatoms. The van der Waals surface area contributed by atoms with Gasteiger partial charge < -0.3 is 19.7 Å². The number of benzene rings is 1. The van der Waals surface area contributed by atoms with Crippen molar-refractivity contribution in [1.82, 2.24) is 10.2 Å². The van der Waals surface area contributed by atoms with E-state index in [1.807, 2.05) is 0 Å². The minimum atomic E-state index is -0.567. The molecule has 144 valence electrons. The second kappa shape index (κ2) is 7.82. The zero-order valence-electron chi connectivity index (χ0n) is 15.6. The van der Waals surface area contributed by atoms with Crippen molar-refractivity contribution in [2.24, 2.45) is 0 Å². The van der Waals surface area contributed by atoms with Crippen LogP contribution in [0.4, 0.5) is 0 Å². The normalized spacial score (nSPS) is 14.1. The number of nitrogens with one attached hydrogen (secondary N) is 1. The van der Waals surface area contributed by atoms with Gasteiger partial charge in [0.05, 0.1) is 17.4 Å². The molecule has 1 saturated heterocycles. The molecule has 1 aliphatic rings. The highest BCUT2D eigenvalue weighted by atomic mass is 16.4. The molecule has 0 spiro atoms. The number of nitrogens with zero attached hydrogens (tertiary/aromatic N) is 1. The largest absolute Gasteiger partial charge is 0.507 e. The Bertz CT molecular complexity index is 948. The van der Waals surface area contributed by atoms with Crippen LogP contribution in [0.5, 0.6) is 5.75 Å². The summed E-state index contributed by atoms with van der Waals surface area (Å²) >= 11 is 0. The van der Waals surface area contributed by atoms with Crippen molar-refractivity contribution in [3.63, 3.8) is 0 Å². The highest BCUT2D eigenvalue weighted by Crippen LogP contribution is 2.29. The predicted octanol–water partition coefficient (Wildman–Crippen LogP) is 1.79. The molecule has 2 amide bonds. The van der Waals surface area contributed by atoms with E-state index in [1.54, 1.807) is 30.9 Å². The fourth-order valence-electron chi connectivity index (χ4n) is 3.52. The third-order valence-corrected chi connectivity index (χ3v) is 4.94. The third-order valence-electron chi connectivity index (χ3n) is 4.94. The van der Waals surface area contributed by atoms with E-state index in [-0.39, 0.29) is 29.5 Å². The van der Waals surface area contributed by atoms with Crippen LogP contribution in [0, 0.1) is 13.8 Å². The monoisotopic (exact) mass is 372 g/mol. The lowest BCUT2D eigenvalue weighted by atomic mass is 10.0. The Hall–Kier alpha value is -2.83. The number of rotatable bonds is 6. The number of hydrogen-bond donors (Lipinski definition) is 2. The Balaban J connectivity index is 1.64. The molecule has 1 aromatic carbocycles. The number of amides is 2. The van der Waals surface area contributed by atoms with Gasteiger partial charge in [0.25, 0.3) is 0 Å². The minimum absolute atomic E-state index is 0.0307. The van der Waals surface area contributed by atoms with E-state index >= 15 is 0 Å². The van der Waals surface area contributed by atoms with Crippen molar-refractivity contribution < 1.29 is 19.1 Å². The molecule has 0 aliphatic carbocycles. The maximum absolute atomic E-state index is 12.3. The van der Waals surface area contributed by atoms with Gasteiger partial charge in [0.15, 0.2) is 0 Å². The van der Waals surface area contributed by atoms with Crippen LogP contribution in [0.2, 0.25) is 0 Å². The molecule has 2 N–H and O–H groups in total. The van der Waals surface area contributed by atoms with E-state index in [4.69, 9.17) is 4.42 Å². The van der Waals surface area contributed by atoms with Gasteiger partial charge in [0.1, 0.15) is 11.3 Å². The van der Waals surface area contributed by atoms with E-state index in [0.717, 1.165) is 18.5 Å². The van der Waals surface area contributed by atoms with Crippen LogP contribution in [0.25, 0.3) is 11.0 Å². The average Bonchev–Trinajstić information content (AvgIpc) is 2.99. The summed E-state index contributed by atoms with van der Waals surface area (Å²) in [6.45, 7) is 5.35. The van der Waals surface area contributed by atoms with Gasteiger partial charge in [-0.3, -0.25) is 9.59 Å². The topological polar surface area (TPSA) is 99.9 Å². The first-order valence-corrected chi connectivity index (χ1v) is 9.17. The summed E-state index contributed by atoms with van der Waals surface area (Å²) in [4.78, 5) is 37.8. The molecule has 1 aliphatic heterocycles. The van der Waals surface area contributed by atoms with E-state index < -0.39 is 5.63 Å². The molecule has 0 atom stereocenters. The lowest BCUT2D eigenvalue weighted by Gasteiger charge is -2.15. The summed E-state index contributed by atoms with van der Waals surface area (Å²) in [5.41, 5.74) is 1.33. The number of fused-ring (bicyclic) bond motifs is 1. The standard InChI is InChI=1S/C20H24N2O5/c1-12-9-15(23)19-13(2)14(20(26)27-16(19)10-12)11-17(24)21-6-4-8-22-7-3-5-18(22)25/h9-10,23H,3-8,11H2,1-2H3,(H,21,24). The van der Waals surface area contributed by atoms with Gasteiger partial charge in [-0.2, -0.15) is 0 Å². The Labute approximate surface area is 157 Å². The van der Waals surface area contributed by atoms with Gasteiger partial charge >= 0.3 is 5.63 Å². The quantitative estimate of drug-likeness (QED) is 0.595. The zero-order chi connectivity index (χ0) is 19.6. The van der Waals surface area contributed by atoms with E-state index in [2.05, 4.69) is 5.32 Å². The van der Waals surface area contributed by atoms with Gasteiger partial charge in [0, 0.05) is 26.1 Å². The summed E-state index contributed by atoms with van der Waals surface area (Å²) in [5.74, 6) is -0.0898. The van der Waals surface area contributed by atoms with Gasteiger partial charge in [-0.25, -0.2) is 4.79 Å². The maximum atomic E-state index is 12.3. The highest BCUT2D eigenvalue weighted by Gasteiger charge is 2.20.